The minimum absolute atomic E-state index is 0.703. The summed E-state index contributed by atoms with van der Waals surface area (Å²) in [6, 6.07) is 0.924. The lowest BCUT2D eigenvalue weighted by atomic mass is 9.85. The topological polar surface area (TPSA) is 3.24 Å². The van der Waals surface area contributed by atoms with Crippen LogP contribution < -0.4 is 0 Å². The molecule has 0 bridgehead atoms. The highest BCUT2D eigenvalue weighted by Gasteiger charge is 2.44. The van der Waals surface area contributed by atoms with Gasteiger partial charge in [-0.15, -0.1) is 0 Å². The first-order valence-electron chi connectivity index (χ1n) is 4.43. The van der Waals surface area contributed by atoms with Gasteiger partial charge in [-0.2, -0.15) is 0 Å². The zero-order valence-electron chi connectivity index (χ0n) is 7.06. The molecule has 0 spiro atoms. The zero-order chi connectivity index (χ0) is 7.19. The van der Waals surface area contributed by atoms with Gasteiger partial charge in [0.1, 0.15) is 0 Å². The van der Waals surface area contributed by atoms with E-state index in [0.717, 1.165) is 6.04 Å². The lowest BCUT2D eigenvalue weighted by molar-refractivity contribution is 0.232. The maximum atomic E-state index is 2.55. The third kappa shape index (κ3) is 0.731. The average molecular weight is 139 g/mol. The van der Waals surface area contributed by atoms with Gasteiger partial charge in [0, 0.05) is 6.04 Å². The summed E-state index contributed by atoms with van der Waals surface area (Å²) in [5.74, 6) is 0. The summed E-state index contributed by atoms with van der Waals surface area (Å²) in [4.78, 5) is 2.55. The van der Waals surface area contributed by atoms with E-state index >= 15 is 0 Å². The minimum Gasteiger partial charge on any atom is -0.303 e. The summed E-state index contributed by atoms with van der Waals surface area (Å²) in [7, 11) is 2.28. The minimum atomic E-state index is 0.703. The SMILES string of the molecule is CN1CCC2(C)CCCC12. The number of likely N-dealkylation sites (tertiary alicyclic amines) is 1. The molecule has 1 heterocycles. The van der Waals surface area contributed by atoms with Crippen LogP contribution in [0.25, 0.3) is 0 Å². The van der Waals surface area contributed by atoms with Crippen LogP contribution in [0.3, 0.4) is 0 Å². The number of fused-ring (bicyclic) bond motifs is 1. The Balaban J connectivity index is 2.19. The molecule has 0 aromatic heterocycles. The van der Waals surface area contributed by atoms with Gasteiger partial charge in [-0.1, -0.05) is 13.3 Å². The molecular formula is C9H17N. The van der Waals surface area contributed by atoms with E-state index in [2.05, 4.69) is 18.9 Å². The van der Waals surface area contributed by atoms with Crippen molar-refractivity contribution < 1.29 is 0 Å². The third-order valence-corrected chi connectivity index (χ3v) is 3.60. The molecule has 58 valence electrons. The van der Waals surface area contributed by atoms with Crippen molar-refractivity contribution in [3.8, 4) is 0 Å². The second kappa shape index (κ2) is 1.97. The molecule has 1 saturated carbocycles. The molecule has 0 aromatic carbocycles. The van der Waals surface area contributed by atoms with Gasteiger partial charge in [0.05, 0.1) is 0 Å². The van der Waals surface area contributed by atoms with Gasteiger partial charge in [-0.25, -0.2) is 0 Å². The molecule has 1 aliphatic heterocycles. The molecule has 2 unspecified atom stereocenters. The Morgan fingerprint density at radius 2 is 2.20 bits per heavy atom. The maximum Gasteiger partial charge on any atom is 0.0146 e. The van der Waals surface area contributed by atoms with Gasteiger partial charge in [0.2, 0.25) is 0 Å². The van der Waals surface area contributed by atoms with Crippen LogP contribution in [0.1, 0.15) is 32.6 Å². The first-order chi connectivity index (χ1) is 4.72. The zero-order valence-corrected chi connectivity index (χ0v) is 7.06. The normalized spacial score (nSPS) is 48.0. The quantitative estimate of drug-likeness (QED) is 0.495. The van der Waals surface area contributed by atoms with E-state index in [9.17, 15) is 0 Å². The van der Waals surface area contributed by atoms with Crippen molar-refractivity contribution in [2.75, 3.05) is 13.6 Å². The van der Waals surface area contributed by atoms with Crippen molar-refractivity contribution in [1.29, 1.82) is 0 Å². The Bertz CT molecular complexity index is 144. The van der Waals surface area contributed by atoms with Crippen LogP contribution in [0.2, 0.25) is 0 Å². The molecule has 0 N–H and O–H groups in total. The highest BCUT2D eigenvalue weighted by molar-refractivity contribution is 4.99. The number of rotatable bonds is 0. The van der Waals surface area contributed by atoms with Crippen LogP contribution in [0.5, 0.6) is 0 Å². The average Bonchev–Trinajstić information content (AvgIpc) is 2.35. The third-order valence-electron chi connectivity index (χ3n) is 3.60. The van der Waals surface area contributed by atoms with E-state index in [0.29, 0.717) is 5.41 Å². The Kier molecular flexibility index (Phi) is 1.31. The molecule has 0 radical (unpaired) electrons. The molecule has 10 heavy (non-hydrogen) atoms. The highest BCUT2D eigenvalue weighted by Crippen LogP contribution is 2.47. The molecular weight excluding hydrogens is 122 g/mol. The van der Waals surface area contributed by atoms with Crippen LogP contribution in [0, 0.1) is 5.41 Å². The van der Waals surface area contributed by atoms with Gasteiger partial charge < -0.3 is 4.90 Å². The van der Waals surface area contributed by atoms with Crippen molar-refractivity contribution in [3.63, 3.8) is 0 Å². The fraction of sp³-hybridized carbons (Fsp3) is 1.00. The molecule has 0 amide bonds. The Hall–Kier alpha value is -0.0400. The first-order valence-corrected chi connectivity index (χ1v) is 4.43. The summed E-state index contributed by atoms with van der Waals surface area (Å²) in [6.45, 7) is 3.80. The summed E-state index contributed by atoms with van der Waals surface area (Å²) in [5, 5.41) is 0. The maximum absolute atomic E-state index is 2.55. The van der Waals surface area contributed by atoms with Crippen molar-refractivity contribution in [1.82, 2.24) is 4.90 Å². The fourth-order valence-electron chi connectivity index (χ4n) is 2.85. The highest BCUT2D eigenvalue weighted by atomic mass is 15.2. The predicted octanol–water partition coefficient (Wildman–Crippen LogP) is 1.88. The standard InChI is InChI=1S/C9H17N/c1-9-5-3-4-8(9)10(2)7-6-9/h8H,3-7H2,1-2H3. The largest absolute Gasteiger partial charge is 0.303 e. The predicted molar refractivity (Wildman–Crippen MR) is 43.0 cm³/mol. The second-order valence-corrected chi connectivity index (χ2v) is 4.29. The molecule has 1 nitrogen and oxygen atoms in total. The molecule has 1 saturated heterocycles. The van der Waals surface area contributed by atoms with Crippen molar-refractivity contribution >= 4 is 0 Å². The van der Waals surface area contributed by atoms with Gasteiger partial charge >= 0.3 is 0 Å². The Morgan fingerprint density at radius 3 is 2.90 bits per heavy atom. The van der Waals surface area contributed by atoms with Crippen molar-refractivity contribution in [2.45, 2.75) is 38.6 Å². The number of nitrogens with zero attached hydrogens (tertiary/aromatic N) is 1. The second-order valence-electron chi connectivity index (χ2n) is 4.29. The van der Waals surface area contributed by atoms with Crippen LogP contribution in [0.15, 0.2) is 0 Å². The summed E-state index contributed by atoms with van der Waals surface area (Å²) in [6.07, 6.45) is 5.83. The smallest absolute Gasteiger partial charge is 0.0146 e. The lowest BCUT2D eigenvalue weighted by Gasteiger charge is -2.26. The molecule has 2 atom stereocenters. The van der Waals surface area contributed by atoms with Crippen LogP contribution in [0.4, 0.5) is 0 Å². The Morgan fingerprint density at radius 1 is 1.40 bits per heavy atom. The van der Waals surface area contributed by atoms with Crippen LogP contribution >= 0.6 is 0 Å². The van der Waals surface area contributed by atoms with E-state index < -0.39 is 0 Å². The molecule has 2 fully saturated rings. The van der Waals surface area contributed by atoms with Crippen LogP contribution in [-0.2, 0) is 0 Å². The first kappa shape index (κ1) is 6.66. The molecule has 2 rings (SSSR count). The monoisotopic (exact) mass is 139 g/mol. The van der Waals surface area contributed by atoms with Gasteiger partial charge in [0.25, 0.3) is 0 Å². The molecule has 0 aromatic rings. The summed E-state index contributed by atoms with van der Waals surface area (Å²) < 4.78 is 0. The van der Waals surface area contributed by atoms with Gasteiger partial charge in [0.15, 0.2) is 0 Å². The Labute approximate surface area is 63.4 Å². The van der Waals surface area contributed by atoms with Gasteiger partial charge in [-0.05, 0) is 38.3 Å². The van der Waals surface area contributed by atoms with E-state index in [1.807, 2.05) is 0 Å². The molecule has 1 heteroatoms. The fourth-order valence-corrected chi connectivity index (χ4v) is 2.85. The van der Waals surface area contributed by atoms with Crippen molar-refractivity contribution in [3.05, 3.63) is 0 Å². The molecule has 1 aliphatic carbocycles. The number of hydrogen-bond acceptors (Lipinski definition) is 1. The molecule has 2 aliphatic rings. The summed E-state index contributed by atoms with van der Waals surface area (Å²) >= 11 is 0. The van der Waals surface area contributed by atoms with Gasteiger partial charge in [-0.3, -0.25) is 0 Å². The summed E-state index contributed by atoms with van der Waals surface area (Å²) in [5.41, 5.74) is 0.703. The number of hydrogen-bond donors (Lipinski definition) is 0. The van der Waals surface area contributed by atoms with E-state index in [4.69, 9.17) is 0 Å². The lowest BCUT2D eigenvalue weighted by Crippen LogP contribution is -2.30. The van der Waals surface area contributed by atoms with E-state index in [-0.39, 0.29) is 0 Å². The van der Waals surface area contributed by atoms with Crippen LogP contribution in [-0.4, -0.2) is 24.5 Å². The van der Waals surface area contributed by atoms with E-state index in [1.165, 1.54) is 32.2 Å². The van der Waals surface area contributed by atoms with Crippen molar-refractivity contribution in [2.24, 2.45) is 5.41 Å². The van der Waals surface area contributed by atoms with E-state index in [1.54, 1.807) is 0 Å².